The van der Waals surface area contributed by atoms with Crippen molar-refractivity contribution < 1.29 is 9.18 Å². The molecule has 1 aromatic rings. The number of anilines is 2. The summed E-state index contributed by atoms with van der Waals surface area (Å²) >= 11 is 0. The second-order valence-corrected chi connectivity index (χ2v) is 4.91. The fourth-order valence-corrected chi connectivity index (χ4v) is 1.96. The molecule has 0 bridgehead atoms. The molecule has 1 amide bonds. The molecular formula is C12H15FN2O. The normalized spacial score (nSPS) is 15.8. The average Bonchev–Trinajstić information content (AvgIpc) is 2.14. The molecule has 0 aliphatic carbocycles. The molecule has 1 aliphatic rings. The number of carbonyl (C=O) groups excluding carboxylic acids is 1. The Morgan fingerprint density at radius 3 is 2.69 bits per heavy atom. The Labute approximate surface area is 94.3 Å². The number of nitrogens with zero attached hydrogens (tertiary/aromatic N) is 1. The maximum absolute atomic E-state index is 13.2. The lowest BCUT2D eigenvalue weighted by Crippen LogP contribution is -2.50. The van der Waals surface area contributed by atoms with Crippen molar-refractivity contribution in [2.45, 2.75) is 26.3 Å². The van der Waals surface area contributed by atoms with E-state index in [1.54, 1.807) is 11.0 Å². The molecule has 0 spiro atoms. The first-order valence-corrected chi connectivity index (χ1v) is 5.26. The highest BCUT2D eigenvalue weighted by atomic mass is 19.1. The molecule has 86 valence electrons. The van der Waals surface area contributed by atoms with Crippen molar-refractivity contribution >= 4 is 17.3 Å². The number of nitrogens with one attached hydrogen (secondary N) is 1. The summed E-state index contributed by atoms with van der Waals surface area (Å²) in [6, 6.07) is 4.45. The van der Waals surface area contributed by atoms with Gasteiger partial charge in [-0.3, -0.25) is 4.79 Å². The molecule has 0 saturated heterocycles. The Hall–Kier alpha value is -1.58. The Kier molecular flexibility index (Phi) is 2.37. The molecular weight excluding hydrogens is 207 g/mol. The number of amides is 1. The minimum Gasteiger partial charge on any atom is -0.374 e. The van der Waals surface area contributed by atoms with Crippen LogP contribution in [0, 0.1) is 5.82 Å². The van der Waals surface area contributed by atoms with Crippen LogP contribution >= 0.6 is 0 Å². The highest BCUT2D eigenvalue weighted by Crippen LogP contribution is 2.34. The zero-order chi connectivity index (χ0) is 11.9. The largest absolute Gasteiger partial charge is 0.374 e. The van der Waals surface area contributed by atoms with Gasteiger partial charge in [-0.2, -0.15) is 0 Å². The molecule has 0 radical (unpaired) electrons. The summed E-state index contributed by atoms with van der Waals surface area (Å²) in [5.41, 5.74) is 1.07. The van der Waals surface area contributed by atoms with Crippen LogP contribution in [0.25, 0.3) is 0 Å². The second-order valence-electron chi connectivity index (χ2n) is 4.91. The maximum atomic E-state index is 13.2. The number of hydrogen-bond donors (Lipinski definition) is 1. The SMILES string of the molecule is CC(C)(C)N1C(=O)CNc2ccc(F)cc21. The fourth-order valence-electron chi connectivity index (χ4n) is 1.96. The molecule has 1 aromatic carbocycles. The Morgan fingerprint density at radius 2 is 2.06 bits per heavy atom. The highest BCUT2D eigenvalue weighted by molar-refractivity contribution is 6.03. The van der Waals surface area contributed by atoms with Crippen LogP contribution in [-0.4, -0.2) is 18.0 Å². The molecule has 1 N–H and O–H groups in total. The quantitative estimate of drug-likeness (QED) is 0.731. The number of halogens is 1. The molecule has 0 aromatic heterocycles. The zero-order valence-electron chi connectivity index (χ0n) is 9.67. The van der Waals surface area contributed by atoms with Crippen molar-refractivity contribution in [3.63, 3.8) is 0 Å². The van der Waals surface area contributed by atoms with Crippen LogP contribution in [-0.2, 0) is 4.79 Å². The van der Waals surface area contributed by atoms with E-state index in [9.17, 15) is 9.18 Å². The van der Waals surface area contributed by atoms with Crippen molar-refractivity contribution in [3.05, 3.63) is 24.0 Å². The van der Waals surface area contributed by atoms with Crippen LogP contribution in [0.5, 0.6) is 0 Å². The predicted molar refractivity (Wildman–Crippen MR) is 62.1 cm³/mol. The van der Waals surface area contributed by atoms with Gasteiger partial charge in [0.2, 0.25) is 5.91 Å². The molecule has 0 fully saturated rings. The number of benzene rings is 1. The summed E-state index contributed by atoms with van der Waals surface area (Å²) < 4.78 is 13.2. The standard InChI is InChI=1S/C12H15FN2O/c1-12(2,3)15-10-6-8(13)4-5-9(10)14-7-11(15)16/h4-6,14H,7H2,1-3H3. The number of hydrogen-bond acceptors (Lipinski definition) is 2. The summed E-state index contributed by atoms with van der Waals surface area (Å²) in [5, 5.41) is 2.98. The first-order chi connectivity index (χ1) is 7.39. The zero-order valence-corrected chi connectivity index (χ0v) is 9.67. The summed E-state index contributed by atoms with van der Waals surface area (Å²) in [6.07, 6.45) is 0. The van der Waals surface area contributed by atoms with Crippen LogP contribution in [0.2, 0.25) is 0 Å². The van der Waals surface area contributed by atoms with Crippen LogP contribution in [0.1, 0.15) is 20.8 Å². The fraction of sp³-hybridized carbons (Fsp3) is 0.417. The van der Waals surface area contributed by atoms with E-state index >= 15 is 0 Å². The molecule has 1 heterocycles. The van der Waals surface area contributed by atoms with Gasteiger partial charge in [0.25, 0.3) is 0 Å². The smallest absolute Gasteiger partial charge is 0.246 e. The van der Waals surface area contributed by atoms with Crippen LogP contribution < -0.4 is 10.2 Å². The predicted octanol–water partition coefficient (Wildman–Crippen LogP) is 2.38. The van der Waals surface area contributed by atoms with E-state index in [2.05, 4.69) is 5.32 Å². The van der Waals surface area contributed by atoms with Crippen LogP contribution in [0.3, 0.4) is 0 Å². The van der Waals surface area contributed by atoms with Crippen molar-refractivity contribution in [1.82, 2.24) is 0 Å². The molecule has 0 unspecified atom stereocenters. The first-order valence-electron chi connectivity index (χ1n) is 5.26. The lowest BCUT2D eigenvalue weighted by molar-refractivity contribution is -0.118. The van der Waals surface area contributed by atoms with Gasteiger partial charge in [-0.15, -0.1) is 0 Å². The van der Waals surface area contributed by atoms with E-state index in [1.165, 1.54) is 12.1 Å². The summed E-state index contributed by atoms with van der Waals surface area (Å²) in [6.45, 7) is 6.07. The third kappa shape index (κ3) is 1.75. The molecule has 0 saturated carbocycles. The second kappa shape index (κ2) is 3.47. The maximum Gasteiger partial charge on any atom is 0.246 e. The molecule has 4 heteroatoms. The first kappa shape index (κ1) is 10.9. The van der Waals surface area contributed by atoms with Crippen molar-refractivity contribution in [1.29, 1.82) is 0 Å². The van der Waals surface area contributed by atoms with Gasteiger partial charge in [0.15, 0.2) is 0 Å². The van der Waals surface area contributed by atoms with Gasteiger partial charge in [-0.05, 0) is 39.0 Å². The molecule has 2 rings (SSSR count). The molecule has 0 atom stereocenters. The third-order valence-electron chi connectivity index (χ3n) is 2.55. The molecule has 3 nitrogen and oxygen atoms in total. The number of carbonyl (C=O) groups is 1. The monoisotopic (exact) mass is 222 g/mol. The summed E-state index contributed by atoms with van der Waals surface area (Å²) in [7, 11) is 0. The Morgan fingerprint density at radius 1 is 1.38 bits per heavy atom. The molecule has 16 heavy (non-hydrogen) atoms. The number of fused-ring (bicyclic) bond motifs is 1. The van der Waals surface area contributed by atoms with Crippen molar-refractivity contribution in [3.8, 4) is 0 Å². The topological polar surface area (TPSA) is 32.3 Å². The van der Waals surface area contributed by atoms with Gasteiger partial charge in [0.1, 0.15) is 5.82 Å². The summed E-state index contributed by atoms with van der Waals surface area (Å²) in [4.78, 5) is 13.5. The van der Waals surface area contributed by atoms with Crippen molar-refractivity contribution in [2.75, 3.05) is 16.8 Å². The van der Waals surface area contributed by atoms with Crippen LogP contribution in [0.15, 0.2) is 18.2 Å². The van der Waals surface area contributed by atoms with E-state index in [1.807, 2.05) is 20.8 Å². The van der Waals surface area contributed by atoms with Crippen molar-refractivity contribution in [2.24, 2.45) is 0 Å². The molecule has 1 aliphatic heterocycles. The third-order valence-corrected chi connectivity index (χ3v) is 2.55. The van der Waals surface area contributed by atoms with Gasteiger partial charge in [-0.25, -0.2) is 4.39 Å². The van der Waals surface area contributed by atoms with Gasteiger partial charge < -0.3 is 10.2 Å². The van der Waals surface area contributed by atoms with E-state index in [4.69, 9.17) is 0 Å². The minimum atomic E-state index is -0.346. The Bertz CT molecular complexity index is 437. The lowest BCUT2D eigenvalue weighted by Gasteiger charge is -2.39. The van der Waals surface area contributed by atoms with Gasteiger partial charge in [0.05, 0.1) is 17.9 Å². The highest BCUT2D eigenvalue weighted by Gasteiger charge is 2.32. The van der Waals surface area contributed by atoms with Gasteiger partial charge >= 0.3 is 0 Å². The lowest BCUT2D eigenvalue weighted by atomic mass is 10.0. The van der Waals surface area contributed by atoms with Gasteiger partial charge in [-0.1, -0.05) is 0 Å². The number of rotatable bonds is 0. The Balaban J connectivity index is 2.55. The van der Waals surface area contributed by atoms with E-state index < -0.39 is 0 Å². The van der Waals surface area contributed by atoms with Gasteiger partial charge in [0, 0.05) is 5.54 Å². The summed E-state index contributed by atoms with van der Waals surface area (Å²) in [5.74, 6) is -0.366. The minimum absolute atomic E-state index is 0.0365. The van der Waals surface area contributed by atoms with E-state index in [0.29, 0.717) is 5.69 Å². The average molecular weight is 222 g/mol. The van der Waals surface area contributed by atoms with E-state index in [-0.39, 0.29) is 23.8 Å². The van der Waals surface area contributed by atoms with E-state index in [0.717, 1.165) is 5.69 Å². The van der Waals surface area contributed by atoms with Crippen LogP contribution in [0.4, 0.5) is 15.8 Å².